The number of aromatic amines is 1. The van der Waals surface area contributed by atoms with Crippen molar-refractivity contribution < 1.29 is 32.9 Å². The lowest BCUT2D eigenvalue weighted by atomic mass is 9.92. The summed E-state index contributed by atoms with van der Waals surface area (Å²) in [4.78, 5) is 46.6. The minimum Gasteiger partial charge on any atom is -0.489 e. The van der Waals surface area contributed by atoms with Crippen LogP contribution in [0.5, 0.6) is 17.5 Å². The normalized spacial score (nSPS) is 21.8. The Bertz CT molecular complexity index is 3390. The van der Waals surface area contributed by atoms with E-state index in [0.717, 1.165) is 40.2 Å². The van der Waals surface area contributed by atoms with Gasteiger partial charge < -0.3 is 50.1 Å². The van der Waals surface area contributed by atoms with Crippen LogP contribution in [0.15, 0.2) is 72.5 Å². The van der Waals surface area contributed by atoms with Crippen molar-refractivity contribution in [1.29, 1.82) is 0 Å². The van der Waals surface area contributed by atoms with Crippen LogP contribution in [0.25, 0.3) is 49.1 Å². The van der Waals surface area contributed by atoms with Gasteiger partial charge in [0, 0.05) is 74.4 Å². The summed E-state index contributed by atoms with van der Waals surface area (Å²) in [6.07, 6.45) is 6.67. The average molecular weight is 1060 g/mol. The number of anilines is 1. The second-order valence-electron chi connectivity index (χ2n) is 20.0. The van der Waals surface area contributed by atoms with Crippen molar-refractivity contribution in [2.24, 2.45) is 11.6 Å². The highest BCUT2D eigenvalue weighted by molar-refractivity contribution is 7.13. The third kappa shape index (κ3) is 9.00. The van der Waals surface area contributed by atoms with E-state index in [1.807, 2.05) is 61.0 Å². The minimum atomic E-state index is -0.602. The first-order valence-corrected chi connectivity index (χ1v) is 26.5. The quantitative estimate of drug-likeness (QED) is 0.0521. The fraction of sp³-hybridized carbons (Fsp3) is 0.370. The summed E-state index contributed by atoms with van der Waals surface area (Å²) in [5.74, 6) is 6.77. The molecule has 3 unspecified atom stereocenters. The molecule has 0 radical (unpaired) electrons. The molecule has 0 spiro atoms. The third-order valence-electron chi connectivity index (χ3n) is 15.4. The van der Waals surface area contributed by atoms with Gasteiger partial charge in [-0.15, -0.1) is 11.3 Å². The smallest absolute Gasteiger partial charge is 0.319 e. The molecule has 4 aliphatic heterocycles. The van der Waals surface area contributed by atoms with Gasteiger partial charge in [0.2, 0.25) is 11.8 Å². The molecule has 12 rings (SSSR count). The fourth-order valence-electron chi connectivity index (χ4n) is 11.3. The number of benzene rings is 4. The van der Waals surface area contributed by atoms with Gasteiger partial charge in [0.05, 0.1) is 56.0 Å². The van der Waals surface area contributed by atoms with Crippen molar-refractivity contribution in [1.82, 2.24) is 45.7 Å². The number of ether oxygens (including phenoxy) is 4. The van der Waals surface area contributed by atoms with Crippen LogP contribution < -0.4 is 41.3 Å². The number of H-pyrrole nitrogens is 1. The van der Waals surface area contributed by atoms with E-state index in [1.165, 1.54) is 17.3 Å². The van der Waals surface area contributed by atoms with Gasteiger partial charge in [0.15, 0.2) is 11.5 Å². The number of halogens is 2. The minimum absolute atomic E-state index is 0.0352. The second-order valence-corrected chi connectivity index (χ2v) is 21.3. The number of carbonyl (C=O) groups excluding carboxylic acids is 2. The lowest BCUT2D eigenvalue weighted by Gasteiger charge is -2.36. The van der Waals surface area contributed by atoms with Gasteiger partial charge in [0.1, 0.15) is 49.1 Å². The summed E-state index contributed by atoms with van der Waals surface area (Å²) < 4.78 is 41.7. The van der Waals surface area contributed by atoms with Crippen molar-refractivity contribution in [2.75, 3.05) is 38.3 Å². The monoisotopic (exact) mass is 1050 g/mol. The molecule has 4 atom stereocenters. The van der Waals surface area contributed by atoms with Crippen LogP contribution in [-0.2, 0) is 27.5 Å². The maximum atomic E-state index is 16.0. The molecule has 1 aliphatic carbocycles. The molecule has 2 amide bonds. The number of rotatable bonds is 15. The summed E-state index contributed by atoms with van der Waals surface area (Å²) in [6.45, 7) is 5.46. The number of nitrogens with zero attached hydrogens (tertiary/aromatic N) is 7. The Labute approximate surface area is 440 Å². The molecule has 3 aromatic heterocycles. The zero-order chi connectivity index (χ0) is 51.6. The number of piperazine rings is 1. The first kappa shape index (κ1) is 48.8. The molecule has 7 N–H and O–H groups in total. The first-order valence-electron chi connectivity index (χ1n) is 25.2. The van der Waals surface area contributed by atoms with Crippen LogP contribution in [0.3, 0.4) is 0 Å². The average Bonchev–Trinajstić information content (AvgIpc) is 4.31. The van der Waals surface area contributed by atoms with E-state index in [0.29, 0.717) is 112 Å². The number of methoxy groups -OCH3 is 1. The number of likely N-dealkylation sites (tertiary alicyclic amines) is 1. The Morgan fingerprint density at radius 3 is 2.64 bits per heavy atom. The molecule has 7 aromatic rings. The van der Waals surface area contributed by atoms with Gasteiger partial charge in [-0.3, -0.25) is 14.7 Å². The molecule has 7 heterocycles. The van der Waals surface area contributed by atoms with Crippen LogP contribution in [0, 0.1) is 19.7 Å². The Kier molecular flexibility index (Phi) is 12.9. The van der Waals surface area contributed by atoms with Gasteiger partial charge in [-0.2, -0.15) is 15.1 Å². The number of aromatic nitrogens is 5. The van der Waals surface area contributed by atoms with Crippen molar-refractivity contribution in [3.05, 3.63) is 111 Å². The molecular weight excluding hydrogens is 999 g/mol. The lowest BCUT2D eigenvalue weighted by molar-refractivity contribution is -0.139. The predicted octanol–water partition coefficient (Wildman–Crippen LogP) is 6.89. The van der Waals surface area contributed by atoms with Crippen molar-refractivity contribution in [3.63, 3.8) is 0 Å². The van der Waals surface area contributed by atoms with Gasteiger partial charge in [-0.25, -0.2) is 15.2 Å². The van der Waals surface area contributed by atoms with Crippen LogP contribution in [0.4, 0.5) is 10.2 Å². The molecule has 75 heavy (non-hydrogen) atoms. The number of aryl methyl sites for hydroxylation is 1. The number of hydrogen-bond acceptors (Lipinski definition) is 16. The number of nitrogens with two attached hydrogens (primary N) is 2. The highest BCUT2D eigenvalue weighted by Gasteiger charge is 2.50. The third-order valence-corrected chi connectivity index (χ3v) is 16.7. The summed E-state index contributed by atoms with van der Waals surface area (Å²) >= 11 is 9.18. The van der Waals surface area contributed by atoms with Gasteiger partial charge in [0.25, 0.3) is 0 Å². The highest BCUT2D eigenvalue weighted by atomic mass is 35.5. The van der Waals surface area contributed by atoms with Crippen molar-refractivity contribution >= 4 is 68.1 Å². The molecule has 5 aliphatic rings. The molecule has 2 bridgehead atoms. The van der Waals surface area contributed by atoms with E-state index < -0.39 is 11.9 Å². The van der Waals surface area contributed by atoms with Gasteiger partial charge in [-0.05, 0) is 67.0 Å². The number of fused-ring (bicyclic) bond motifs is 7. The van der Waals surface area contributed by atoms with Crippen molar-refractivity contribution in [2.45, 2.75) is 95.5 Å². The predicted molar refractivity (Wildman–Crippen MR) is 283 cm³/mol. The number of nitrogens with one attached hydrogen (secondary N) is 3. The SMILES string of the molecule is COC1CC(Oc2nc3c4c(c(Cl)c(-c5c(C)c(F)cc6[nH]ncc56)c(OCc5ccc(/C(N)=C/N(N)CC(=O)N6CCCC6C(=O)NCc6ccc(-c7scnc7C)cc6)cc5)c4n2)OCC2C4C[C@@H](CN4)N32)C1. The van der Waals surface area contributed by atoms with E-state index in [-0.39, 0.29) is 66.3 Å². The molecule has 4 fully saturated rings. The Balaban J connectivity index is 0.788. The van der Waals surface area contributed by atoms with E-state index in [4.69, 9.17) is 52.1 Å². The number of carbonyl (C=O) groups is 2. The zero-order valence-electron chi connectivity index (χ0n) is 41.6. The molecule has 21 heteroatoms. The van der Waals surface area contributed by atoms with E-state index in [1.54, 1.807) is 36.5 Å². The van der Waals surface area contributed by atoms with Crippen LogP contribution in [0.1, 0.15) is 60.1 Å². The van der Waals surface area contributed by atoms with Gasteiger partial charge >= 0.3 is 6.01 Å². The molecule has 4 aromatic carbocycles. The van der Waals surface area contributed by atoms with E-state index in [9.17, 15) is 9.59 Å². The van der Waals surface area contributed by atoms with Gasteiger partial charge in [-0.1, -0.05) is 60.1 Å². The summed E-state index contributed by atoms with van der Waals surface area (Å²) in [7, 11) is 1.69. The number of hydrazine groups is 1. The topological polar surface area (TPSA) is 224 Å². The fourth-order valence-corrected chi connectivity index (χ4v) is 12.5. The van der Waals surface area contributed by atoms with Crippen LogP contribution >= 0.6 is 22.9 Å². The molecule has 18 nitrogen and oxygen atoms in total. The summed E-state index contributed by atoms with van der Waals surface area (Å²) in [5, 5.41) is 16.5. The Hall–Kier alpha value is -7.10. The molecular formula is C54H56ClFN12O6S. The number of amides is 2. The maximum Gasteiger partial charge on any atom is 0.319 e. The Morgan fingerprint density at radius 1 is 1.07 bits per heavy atom. The number of hydrogen-bond donors (Lipinski definition) is 5. The zero-order valence-corrected chi connectivity index (χ0v) is 43.1. The number of thiazole rings is 1. The van der Waals surface area contributed by atoms with E-state index >= 15 is 4.39 Å². The molecule has 388 valence electrons. The maximum absolute atomic E-state index is 16.0. The second kappa shape index (κ2) is 19.9. The summed E-state index contributed by atoms with van der Waals surface area (Å²) in [5.41, 5.74) is 15.3. The van der Waals surface area contributed by atoms with Crippen LogP contribution in [-0.4, -0.2) is 117 Å². The van der Waals surface area contributed by atoms with Crippen LogP contribution in [0.2, 0.25) is 5.02 Å². The molecule has 1 saturated carbocycles. The van der Waals surface area contributed by atoms with Crippen molar-refractivity contribution in [3.8, 4) is 39.1 Å². The highest BCUT2D eigenvalue weighted by Crippen LogP contribution is 2.55. The summed E-state index contributed by atoms with van der Waals surface area (Å²) in [6, 6.07) is 16.8. The first-order chi connectivity index (χ1) is 36.4. The largest absolute Gasteiger partial charge is 0.489 e. The van der Waals surface area contributed by atoms with E-state index in [2.05, 4.69) is 30.7 Å². The molecule has 3 saturated heterocycles. The Morgan fingerprint density at radius 2 is 1.87 bits per heavy atom. The standard InChI is InChI=1S/C54H56ClFN12O6S/c1-27-37(56)18-39-36(21-62-65-39)44(27)45-47(55)49-46-48(63-54(74-35-16-34(17-35)71-3)64-52(46)68-33-15-40(59-20-33)42(68)25-73-49)50(45)72-24-30-8-10-31(11-9-30)38(57)22-66(58)23-43(69)67-14-4-5-41(67)53(70)60-19-29-6-12-32(13-7-29)51-28(2)61-26-75-51/h6-13,18,21-22,26,33-35,40-42,59H,4-5,14-17,19-20,23-25,57-58H2,1-3H3,(H,60,70)(H,62,65)/b38-22-/t33-,34?,35?,40?,41?,42?/m0/s1. The lowest BCUT2D eigenvalue weighted by Crippen LogP contribution is -2.53.